The Morgan fingerprint density at radius 3 is 2.22 bits per heavy atom. The summed E-state index contributed by atoms with van der Waals surface area (Å²) in [5.41, 5.74) is 11.0. The molecule has 0 spiro atoms. The molecule has 3 heteroatoms. The van der Waals surface area contributed by atoms with Crippen LogP contribution in [-0.4, -0.2) is 4.98 Å². The Bertz CT molecular complexity index is 558. The molecule has 2 rings (SSSR count). The van der Waals surface area contributed by atoms with Crippen LogP contribution in [0.1, 0.15) is 34.1 Å². The molecule has 0 radical (unpaired) electrons. The molecule has 1 atom stereocenters. The van der Waals surface area contributed by atoms with Crippen LogP contribution in [0, 0.1) is 26.6 Å². The molecular formula is C15H17FN2. The third-order valence-electron chi connectivity index (χ3n) is 3.03. The summed E-state index contributed by atoms with van der Waals surface area (Å²) in [6.07, 6.45) is 0. The minimum atomic E-state index is -0.244. The zero-order valence-corrected chi connectivity index (χ0v) is 10.9. The number of aryl methyl sites for hydroxylation is 3. The molecule has 2 N–H and O–H groups in total. The van der Waals surface area contributed by atoms with Crippen LogP contribution >= 0.6 is 0 Å². The van der Waals surface area contributed by atoms with E-state index in [0.717, 1.165) is 28.1 Å². The van der Waals surface area contributed by atoms with Crippen LogP contribution in [0.3, 0.4) is 0 Å². The summed E-state index contributed by atoms with van der Waals surface area (Å²) in [6, 6.07) is 8.41. The number of pyridine rings is 1. The van der Waals surface area contributed by atoms with Gasteiger partial charge < -0.3 is 5.73 Å². The molecule has 94 valence electrons. The number of hydrogen-bond acceptors (Lipinski definition) is 2. The lowest BCUT2D eigenvalue weighted by Crippen LogP contribution is -2.14. The average Bonchev–Trinajstić information content (AvgIpc) is 2.26. The predicted octanol–water partition coefficient (Wildman–Crippen LogP) is 3.19. The predicted molar refractivity (Wildman–Crippen MR) is 70.9 cm³/mol. The second-order valence-electron chi connectivity index (χ2n) is 4.66. The SMILES string of the molecule is Cc1cc(C(N)c2ccc(F)cc2C)cc(C)n1. The Hall–Kier alpha value is -1.74. The molecule has 0 amide bonds. The van der Waals surface area contributed by atoms with Crippen molar-refractivity contribution in [2.24, 2.45) is 5.73 Å². The van der Waals surface area contributed by atoms with Gasteiger partial charge in [-0.1, -0.05) is 6.07 Å². The van der Waals surface area contributed by atoms with E-state index in [0.29, 0.717) is 0 Å². The number of nitrogens with two attached hydrogens (primary N) is 1. The first-order valence-electron chi connectivity index (χ1n) is 5.94. The maximum Gasteiger partial charge on any atom is 0.123 e. The van der Waals surface area contributed by atoms with E-state index >= 15 is 0 Å². The summed E-state index contributed by atoms with van der Waals surface area (Å²) in [5, 5.41) is 0. The molecule has 1 heterocycles. The molecule has 2 nitrogen and oxygen atoms in total. The highest BCUT2D eigenvalue weighted by atomic mass is 19.1. The van der Waals surface area contributed by atoms with Crippen molar-refractivity contribution in [3.8, 4) is 0 Å². The van der Waals surface area contributed by atoms with Gasteiger partial charge in [-0.2, -0.15) is 0 Å². The van der Waals surface area contributed by atoms with Crippen molar-refractivity contribution in [1.29, 1.82) is 0 Å². The molecule has 0 aliphatic heterocycles. The molecule has 0 aliphatic rings. The minimum Gasteiger partial charge on any atom is -0.320 e. The molecule has 1 aromatic carbocycles. The maximum atomic E-state index is 13.1. The lowest BCUT2D eigenvalue weighted by molar-refractivity contribution is 0.624. The van der Waals surface area contributed by atoms with E-state index in [1.54, 1.807) is 6.07 Å². The van der Waals surface area contributed by atoms with Gasteiger partial charge >= 0.3 is 0 Å². The first-order valence-corrected chi connectivity index (χ1v) is 5.94. The van der Waals surface area contributed by atoms with Crippen molar-refractivity contribution >= 4 is 0 Å². The number of aromatic nitrogens is 1. The van der Waals surface area contributed by atoms with Crippen molar-refractivity contribution in [2.75, 3.05) is 0 Å². The summed E-state index contributed by atoms with van der Waals surface area (Å²) in [7, 11) is 0. The van der Waals surface area contributed by atoms with Gasteiger partial charge in [-0.3, -0.25) is 4.98 Å². The van der Waals surface area contributed by atoms with Gasteiger partial charge in [0.2, 0.25) is 0 Å². The minimum absolute atomic E-state index is 0.231. The quantitative estimate of drug-likeness (QED) is 0.881. The zero-order chi connectivity index (χ0) is 13.3. The first-order chi connectivity index (χ1) is 8.47. The topological polar surface area (TPSA) is 38.9 Å². The van der Waals surface area contributed by atoms with Gasteiger partial charge in [0.05, 0.1) is 6.04 Å². The lowest BCUT2D eigenvalue weighted by atomic mass is 9.95. The van der Waals surface area contributed by atoms with Gasteiger partial charge in [-0.05, 0) is 61.7 Å². The second-order valence-corrected chi connectivity index (χ2v) is 4.66. The lowest BCUT2D eigenvalue weighted by Gasteiger charge is -2.16. The van der Waals surface area contributed by atoms with E-state index in [2.05, 4.69) is 4.98 Å². The standard InChI is InChI=1S/C15H17FN2/c1-9-6-13(16)4-5-14(9)15(17)12-7-10(2)18-11(3)8-12/h4-8,15H,17H2,1-3H3. The highest BCUT2D eigenvalue weighted by molar-refractivity contribution is 5.37. The van der Waals surface area contributed by atoms with Crippen LogP contribution < -0.4 is 5.73 Å². The Morgan fingerprint density at radius 1 is 1.06 bits per heavy atom. The summed E-state index contributed by atoms with van der Waals surface area (Å²) in [6.45, 7) is 5.76. The van der Waals surface area contributed by atoms with Gasteiger partial charge in [-0.15, -0.1) is 0 Å². The largest absolute Gasteiger partial charge is 0.320 e. The van der Waals surface area contributed by atoms with E-state index in [4.69, 9.17) is 5.73 Å². The van der Waals surface area contributed by atoms with Crippen molar-refractivity contribution in [3.63, 3.8) is 0 Å². The van der Waals surface area contributed by atoms with E-state index in [1.165, 1.54) is 12.1 Å². The van der Waals surface area contributed by atoms with Crippen molar-refractivity contribution in [1.82, 2.24) is 4.98 Å². The first kappa shape index (κ1) is 12.7. The van der Waals surface area contributed by atoms with Gasteiger partial charge in [0.1, 0.15) is 5.82 Å². The van der Waals surface area contributed by atoms with Crippen LogP contribution in [0.25, 0.3) is 0 Å². The van der Waals surface area contributed by atoms with Crippen LogP contribution in [0.15, 0.2) is 30.3 Å². The smallest absolute Gasteiger partial charge is 0.123 e. The fraction of sp³-hybridized carbons (Fsp3) is 0.267. The number of rotatable bonds is 2. The number of benzene rings is 1. The zero-order valence-electron chi connectivity index (χ0n) is 10.9. The fourth-order valence-electron chi connectivity index (χ4n) is 2.21. The molecule has 0 saturated carbocycles. The third kappa shape index (κ3) is 2.57. The van der Waals surface area contributed by atoms with Crippen molar-refractivity contribution < 1.29 is 4.39 Å². The molecule has 18 heavy (non-hydrogen) atoms. The van der Waals surface area contributed by atoms with Gasteiger partial charge in [-0.25, -0.2) is 4.39 Å². The number of halogens is 1. The van der Waals surface area contributed by atoms with E-state index < -0.39 is 0 Å². The van der Waals surface area contributed by atoms with Crippen LogP contribution in [0.4, 0.5) is 4.39 Å². The van der Waals surface area contributed by atoms with Crippen LogP contribution in [-0.2, 0) is 0 Å². The molecule has 2 aromatic rings. The van der Waals surface area contributed by atoms with Gasteiger partial charge in [0.15, 0.2) is 0 Å². The number of hydrogen-bond donors (Lipinski definition) is 1. The summed E-state index contributed by atoms with van der Waals surface area (Å²) < 4.78 is 13.1. The fourth-order valence-corrected chi connectivity index (χ4v) is 2.21. The third-order valence-corrected chi connectivity index (χ3v) is 3.03. The molecule has 0 saturated heterocycles. The van der Waals surface area contributed by atoms with Crippen LogP contribution in [0.5, 0.6) is 0 Å². The van der Waals surface area contributed by atoms with Crippen LogP contribution in [0.2, 0.25) is 0 Å². The van der Waals surface area contributed by atoms with Crippen molar-refractivity contribution in [3.05, 3.63) is 64.2 Å². The van der Waals surface area contributed by atoms with Gasteiger partial charge in [0.25, 0.3) is 0 Å². The monoisotopic (exact) mass is 244 g/mol. The second kappa shape index (κ2) is 4.86. The Balaban J connectivity index is 2.44. The Labute approximate surface area is 107 Å². The average molecular weight is 244 g/mol. The van der Waals surface area contributed by atoms with Crippen molar-refractivity contribution in [2.45, 2.75) is 26.8 Å². The van der Waals surface area contributed by atoms with E-state index in [1.807, 2.05) is 32.9 Å². The molecule has 1 aromatic heterocycles. The Kier molecular flexibility index (Phi) is 3.43. The highest BCUT2D eigenvalue weighted by Crippen LogP contribution is 2.24. The number of nitrogens with zero attached hydrogens (tertiary/aromatic N) is 1. The molecule has 1 unspecified atom stereocenters. The molecular weight excluding hydrogens is 227 g/mol. The normalized spacial score (nSPS) is 12.5. The summed E-state index contributed by atoms with van der Waals surface area (Å²) in [5.74, 6) is -0.231. The van der Waals surface area contributed by atoms with E-state index in [-0.39, 0.29) is 11.9 Å². The summed E-state index contributed by atoms with van der Waals surface area (Å²) >= 11 is 0. The van der Waals surface area contributed by atoms with Gasteiger partial charge in [0, 0.05) is 11.4 Å². The maximum absolute atomic E-state index is 13.1. The Morgan fingerprint density at radius 2 is 1.67 bits per heavy atom. The molecule has 0 bridgehead atoms. The molecule has 0 fully saturated rings. The molecule has 0 aliphatic carbocycles. The van der Waals surface area contributed by atoms with E-state index in [9.17, 15) is 4.39 Å². The summed E-state index contributed by atoms with van der Waals surface area (Å²) in [4.78, 5) is 4.33. The highest BCUT2D eigenvalue weighted by Gasteiger charge is 2.13.